The van der Waals surface area contributed by atoms with Crippen molar-refractivity contribution in [2.24, 2.45) is 11.8 Å². The van der Waals surface area contributed by atoms with Crippen LogP contribution >= 0.6 is 0 Å². The molecule has 21 heavy (non-hydrogen) atoms. The molecule has 0 aromatic rings. The summed E-state index contributed by atoms with van der Waals surface area (Å²) in [6.45, 7) is 8.97. The summed E-state index contributed by atoms with van der Waals surface area (Å²) in [7, 11) is 0. The summed E-state index contributed by atoms with van der Waals surface area (Å²) < 4.78 is 0. The molecule has 1 N–H and O–H groups in total. The summed E-state index contributed by atoms with van der Waals surface area (Å²) in [5, 5.41) is 3.64. The molecule has 0 bridgehead atoms. The van der Waals surface area contributed by atoms with E-state index in [1.807, 2.05) is 0 Å². The minimum atomic E-state index is 0.0665. The Morgan fingerprint density at radius 2 is 1.95 bits per heavy atom. The number of carbonyl (C=O) groups excluding carboxylic acids is 1. The maximum Gasteiger partial charge on any atom is 0.241 e. The molecule has 2 fully saturated rings. The van der Waals surface area contributed by atoms with Gasteiger partial charge in [0, 0.05) is 6.04 Å². The first-order valence-electron chi connectivity index (χ1n) is 9.18. The molecule has 1 saturated heterocycles. The smallest absolute Gasteiger partial charge is 0.241 e. The molecule has 1 amide bonds. The van der Waals surface area contributed by atoms with Crippen LogP contribution in [0.1, 0.15) is 79.1 Å². The van der Waals surface area contributed by atoms with E-state index >= 15 is 0 Å². The number of carbonyl (C=O) groups is 1. The van der Waals surface area contributed by atoms with Crippen molar-refractivity contribution in [1.29, 1.82) is 0 Å². The van der Waals surface area contributed by atoms with Gasteiger partial charge >= 0.3 is 0 Å². The van der Waals surface area contributed by atoms with E-state index in [0.29, 0.717) is 23.8 Å². The molecule has 2 aliphatic rings. The van der Waals surface area contributed by atoms with Gasteiger partial charge in [-0.15, -0.1) is 0 Å². The fourth-order valence-electron chi connectivity index (χ4n) is 4.20. The van der Waals surface area contributed by atoms with E-state index < -0.39 is 0 Å². The summed E-state index contributed by atoms with van der Waals surface area (Å²) in [4.78, 5) is 15.2. The van der Waals surface area contributed by atoms with E-state index in [4.69, 9.17) is 0 Å². The van der Waals surface area contributed by atoms with Gasteiger partial charge in [-0.2, -0.15) is 0 Å². The van der Waals surface area contributed by atoms with Gasteiger partial charge in [-0.3, -0.25) is 10.1 Å². The normalized spacial score (nSPS) is 34.0. The van der Waals surface area contributed by atoms with Gasteiger partial charge in [-0.1, -0.05) is 59.8 Å². The highest BCUT2D eigenvalue weighted by Gasteiger charge is 2.45. The molecule has 4 unspecified atom stereocenters. The van der Waals surface area contributed by atoms with Crippen LogP contribution in [0.15, 0.2) is 0 Å². The van der Waals surface area contributed by atoms with E-state index in [1.165, 1.54) is 38.5 Å². The van der Waals surface area contributed by atoms with Crippen LogP contribution in [0, 0.1) is 11.8 Å². The van der Waals surface area contributed by atoms with Crippen molar-refractivity contribution in [3.8, 4) is 0 Å². The van der Waals surface area contributed by atoms with Crippen LogP contribution in [0.2, 0.25) is 0 Å². The van der Waals surface area contributed by atoms with Gasteiger partial charge in [0.25, 0.3) is 0 Å². The second kappa shape index (κ2) is 7.62. The van der Waals surface area contributed by atoms with Crippen LogP contribution in [-0.2, 0) is 4.79 Å². The highest BCUT2D eigenvalue weighted by atomic mass is 16.2. The Hall–Kier alpha value is -0.570. The molecular formula is C18H34N2O. The van der Waals surface area contributed by atoms with Crippen molar-refractivity contribution in [3.63, 3.8) is 0 Å². The molecule has 1 aliphatic carbocycles. The van der Waals surface area contributed by atoms with Gasteiger partial charge in [0.1, 0.15) is 0 Å². The average Bonchev–Trinajstić information content (AvgIpc) is 2.82. The Morgan fingerprint density at radius 3 is 2.57 bits per heavy atom. The molecule has 122 valence electrons. The van der Waals surface area contributed by atoms with Crippen molar-refractivity contribution in [2.45, 2.75) is 97.3 Å². The first-order chi connectivity index (χ1) is 10.1. The predicted molar refractivity (Wildman–Crippen MR) is 88.0 cm³/mol. The quantitative estimate of drug-likeness (QED) is 0.805. The molecule has 1 saturated carbocycles. The fourth-order valence-corrected chi connectivity index (χ4v) is 4.20. The first kappa shape index (κ1) is 16.8. The Morgan fingerprint density at radius 1 is 1.24 bits per heavy atom. The zero-order chi connectivity index (χ0) is 15.4. The van der Waals surface area contributed by atoms with Gasteiger partial charge in [0.2, 0.25) is 5.91 Å². The predicted octanol–water partition coefficient (Wildman–Crippen LogP) is 3.93. The lowest BCUT2D eigenvalue weighted by molar-refractivity contribution is -0.135. The lowest BCUT2D eigenvalue weighted by atomic mass is 9.81. The Labute approximate surface area is 130 Å². The molecule has 4 atom stereocenters. The Bertz CT molecular complexity index is 342. The van der Waals surface area contributed by atoms with Gasteiger partial charge in [-0.25, -0.2) is 0 Å². The zero-order valence-corrected chi connectivity index (χ0v) is 14.4. The number of nitrogens with zero attached hydrogens (tertiary/aromatic N) is 1. The molecule has 0 aromatic heterocycles. The monoisotopic (exact) mass is 294 g/mol. The minimum Gasteiger partial charge on any atom is -0.322 e. The topological polar surface area (TPSA) is 32.3 Å². The molecule has 3 heteroatoms. The highest BCUT2D eigenvalue weighted by Crippen LogP contribution is 2.35. The molecule has 0 radical (unpaired) electrons. The SMILES string of the molecule is CCCCC1NC(C(C)C)N(C2CCCCC2CC)C1=O. The first-order valence-corrected chi connectivity index (χ1v) is 9.18. The van der Waals surface area contributed by atoms with Crippen LogP contribution in [0.25, 0.3) is 0 Å². The van der Waals surface area contributed by atoms with Gasteiger partial charge in [0.05, 0.1) is 12.2 Å². The van der Waals surface area contributed by atoms with Gasteiger partial charge in [0.15, 0.2) is 0 Å². The van der Waals surface area contributed by atoms with Crippen molar-refractivity contribution in [1.82, 2.24) is 10.2 Å². The van der Waals surface area contributed by atoms with Crippen LogP contribution in [0.4, 0.5) is 0 Å². The summed E-state index contributed by atoms with van der Waals surface area (Å²) in [6, 6.07) is 0.541. The highest BCUT2D eigenvalue weighted by molar-refractivity contribution is 5.84. The van der Waals surface area contributed by atoms with Crippen molar-refractivity contribution in [2.75, 3.05) is 0 Å². The zero-order valence-electron chi connectivity index (χ0n) is 14.4. The number of hydrogen-bond acceptors (Lipinski definition) is 2. The van der Waals surface area contributed by atoms with E-state index in [2.05, 4.69) is 37.9 Å². The summed E-state index contributed by atoms with van der Waals surface area (Å²) in [6.07, 6.45) is 9.90. The lowest BCUT2D eigenvalue weighted by Gasteiger charge is -2.41. The summed E-state index contributed by atoms with van der Waals surface area (Å²) in [5.41, 5.74) is 0. The molecule has 1 heterocycles. The fraction of sp³-hybridized carbons (Fsp3) is 0.944. The van der Waals surface area contributed by atoms with Crippen molar-refractivity contribution < 1.29 is 4.79 Å². The van der Waals surface area contributed by atoms with E-state index in [1.54, 1.807) is 0 Å². The molecule has 0 spiro atoms. The third kappa shape index (κ3) is 3.61. The van der Waals surface area contributed by atoms with Crippen LogP contribution in [0.5, 0.6) is 0 Å². The molecular weight excluding hydrogens is 260 g/mol. The van der Waals surface area contributed by atoms with Crippen molar-refractivity contribution in [3.05, 3.63) is 0 Å². The van der Waals surface area contributed by atoms with Gasteiger partial charge in [-0.05, 0) is 31.1 Å². The molecule has 2 rings (SSSR count). The molecule has 1 aliphatic heterocycles. The van der Waals surface area contributed by atoms with E-state index in [0.717, 1.165) is 12.8 Å². The Balaban J connectivity index is 2.15. The molecule has 3 nitrogen and oxygen atoms in total. The van der Waals surface area contributed by atoms with Gasteiger partial charge < -0.3 is 4.90 Å². The second-order valence-corrected chi connectivity index (χ2v) is 7.32. The summed E-state index contributed by atoms with van der Waals surface area (Å²) >= 11 is 0. The number of hydrogen-bond donors (Lipinski definition) is 1. The standard InChI is InChI=1S/C18H34N2O/c1-5-7-11-15-18(21)20(17(19-15)13(3)4)16-12-9-8-10-14(16)6-2/h13-17,19H,5-12H2,1-4H3. The van der Waals surface area contributed by atoms with E-state index in [9.17, 15) is 4.79 Å². The average molecular weight is 294 g/mol. The number of amides is 1. The maximum absolute atomic E-state index is 13.0. The summed E-state index contributed by atoms with van der Waals surface area (Å²) in [5.74, 6) is 1.57. The maximum atomic E-state index is 13.0. The second-order valence-electron chi connectivity index (χ2n) is 7.32. The third-order valence-electron chi connectivity index (χ3n) is 5.45. The molecule has 0 aromatic carbocycles. The Kier molecular flexibility index (Phi) is 6.09. The lowest BCUT2D eigenvalue weighted by Crippen LogP contribution is -2.51. The van der Waals surface area contributed by atoms with Crippen molar-refractivity contribution >= 4 is 5.91 Å². The third-order valence-corrected chi connectivity index (χ3v) is 5.45. The number of nitrogens with one attached hydrogen (secondary N) is 1. The van der Waals surface area contributed by atoms with Crippen LogP contribution in [0.3, 0.4) is 0 Å². The van der Waals surface area contributed by atoms with E-state index in [-0.39, 0.29) is 12.2 Å². The minimum absolute atomic E-state index is 0.0665. The number of unbranched alkanes of at least 4 members (excludes halogenated alkanes) is 1. The van der Waals surface area contributed by atoms with Crippen LogP contribution in [-0.4, -0.2) is 29.1 Å². The largest absolute Gasteiger partial charge is 0.322 e. The van der Waals surface area contributed by atoms with Crippen LogP contribution < -0.4 is 5.32 Å². The number of rotatable bonds is 6.